The highest BCUT2D eigenvalue weighted by molar-refractivity contribution is 6.29. The lowest BCUT2D eigenvalue weighted by molar-refractivity contribution is 0.107. The van der Waals surface area contributed by atoms with E-state index in [2.05, 4.69) is 15.3 Å². The van der Waals surface area contributed by atoms with Crippen molar-refractivity contribution < 1.29 is 4.74 Å². The van der Waals surface area contributed by atoms with E-state index >= 15 is 0 Å². The van der Waals surface area contributed by atoms with Crippen LogP contribution in [0.15, 0.2) is 6.07 Å². The van der Waals surface area contributed by atoms with Gasteiger partial charge in [-0.1, -0.05) is 11.6 Å². The van der Waals surface area contributed by atoms with Gasteiger partial charge in [0, 0.05) is 25.1 Å². The van der Waals surface area contributed by atoms with Crippen LogP contribution in [-0.2, 0) is 4.74 Å². The van der Waals surface area contributed by atoms with E-state index in [9.17, 15) is 0 Å². The summed E-state index contributed by atoms with van der Waals surface area (Å²) in [5, 5.41) is 3.85. The highest BCUT2D eigenvalue weighted by Crippen LogP contribution is 2.38. The Bertz CT molecular complexity index is 417. The summed E-state index contributed by atoms with van der Waals surface area (Å²) in [6.45, 7) is 1.79. The van der Waals surface area contributed by atoms with Crippen LogP contribution < -0.4 is 5.32 Å². The van der Waals surface area contributed by atoms with Crippen LogP contribution in [0.4, 0.5) is 5.82 Å². The maximum atomic E-state index is 6.01. The Morgan fingerprint density at radius 2 is 2.22 bits per heavy atom. The van der Waals surface area contributed by atoms with E-state index in [-0.39, 0.29) is 0 Å². The van der Waals surface area contributed by atoms with Crippen molar-refractivity contribution in [3.8, 4) is 0 Å². The smallest absolute Gasteiger partial charge is 0.135 e. The van der Waals surface area contributed by atoms with E-state index in [1.165, 1.54) is 25.7 Å². The van der Waals surface area contributed by atoms with Gasteiger partial charge in [-0.25, -0.2) is 9.97 Å². The first-order chi connectivity index (χ1) is 8.81. The van der Waals surface area contributed by atoms with E-state index in [0.717, 1.165) is 31.2 Å². The van der Waals surface area contributed by atoms with E-state index in [0.29, 0.717) is 17.2 Å². The monoisotopic (exact) mass is 267 g/mol. The van der Waals surface area contributed by atoms with Gasteiger partial charge in [0.2, 0.25) is 0 Å². The first-order valence-corrected chi connectivity index (χ1v) is 7.09. The fraction of sp³-hybridized carbons (Fsp3) is 0.692. The van der Waals surface area contributed by atoms with Gasteiger partial charge in [-0.05, 0) is 32.1 Å². The number of aromatic nitrogens is 2. The van der Waals surface area contributed by atoms with Crippen LogP contribution >= 0.6 is 11.6 Å². The first kappa shape index (κ1) is 12.2. The summed E-state index contributed by atoms with van der Waals surface area (Å²) < 4.78 is 5.59. The Kier molecular flexibility index (Phi) is 3.66. The van der Waals surface area contributed by atoms with Gasteiger partial charge < -0.3 is 10.1 Å². The highest BCUT2D eigenvalue weighted by Gasteiger charge is 2.27. The molecule has 0 aromatic carbocycles. The summed E-state index contributed by atoms with van der Waals surface area (Å²) in [6.07, 6.45) is 6.19. The fourth-order valence-corrected chi connectivity index (χ4v) is 2.47. The quantitative estimate of drug-likeness (QED) is 0.833. The second-order valence-corrected chi connectivity index (χ2v) is 5.45. The van der Waals surface area contributed by atoms with Gasteiger partial charge >= 0.3 is 0 Å². The van der Waals surface area contributed by atoms with Gasteiger partial charge in [-0.15, -0.1) is 0 Å². The van der Waals surface area contributed by atoms with Crippen LogP contribution in [0.3, 0.4) is 0 Å². The van der Waals surface area contributed by atoms with Crippen LogP contribution in [0.5, 0.6) is 0 Å². The van der Waals surface area contributed by atoms with E-state index in [1.54, 1.807) is 6.07 Å². The normalized spacial score (nSPS) is 23.3. The molecule has 1 saturated carbocycles. The topological polar surface area (TPSA) is 47.0 Å². The lowest BCUT2D eigenvalue weighted by atomic mass is 10.2. The Labute approximate surface area is 112 Å². The summed E-state index contributed by atoms with van der Waals surface area (Å²) in [6, 6.07) is 1.79. The zero-order valence-electron chi connectivity index (χ0n) is 10.4. The Morgan fingerprint density at radius 1 is 1.33 bits per heavy atom. The second-order valence-electron chi connectivity index (χ2n) is 5.06. The van der Waals surface area contributed by atoms with Crippen LogP contribution in [-0.4, -0.2) is 29.2 Å². The molecular formula is C13H18ClN3O. The summed E-state index contributed by atoms with van der Waals surface area (Å²) in [5.74, 6) is 2.26. The number of halogens is 1. The number of hydrogen-bond donors (Lipinski definition) is 1. The van der Waals surface area contributed by atoms with Crippen LogP contribution in [0.1, 0.15) is 43.8 Å². The van der Waals surface area contributed by atoms with Gasteiger partial charge in [-0.2, -0.15) is 0 Å². The molecule has 4 nitrogen and oxygen atoms in total. The molecule has 2 aliphatic rings. The van der Waals surface area contributed by atoms with Crippen LogP contribution in [0.2, 0.25) is 5.15 Å². The zero-order valence-corrected chi connectivity index (χ0v) is 11.1. The maximum absolute atomic E-state index is 6.01. The standard InChI is InChI=1S/C13H18ClN3O/c14-11-8-12(17-13(16-11)9-3-4-9)15-6-5-10-2-1-7-18-10/h8-10H,1-7H2,(H,15,16,17). The number of nitrogens with zero attached hydrogens (tertiary/aromatic N) is 2. The average molecular weight is 268 g/mol. The van der Waals surface area contributed by atoms with E-state index < -0.39 is 0 Å². The molecule has 98 valence electrons. The summed E-state index contributed by atoms with van der Waals surface area (Å²) in [5.41, 5.74) is 0. The third-order valence-electron chi connectivity index (χ3n) is 3.45. The molecule has 1 aromatic rings. The van der Waals surface area contributed by atoms with Crippen molar-refractivity contribution in [1.82, 2.24) is 9.97 Å². The van der Waals surface area contributed by atoms with Crippen molar-refractivity contribution in [2.75, 3.05) is 18.5 Å². The molecule has 2 fully saturated rings. The molecule has 0 spiro atoms. The number of ether oxygens (including phenoxy) is 1. The third-order valence-corrected chi connectivity index (χ3v) is 3.64. The molecule has 1 atom stereocenters. The minimum absolute atomic E-state index is 0.415. The molecule has 1 unspecified atom stereocenters. The van der Waals surface area contributed by atoms with Crippen LogP contribution in [0.25, 0.3) is 0 Å². The van der Waals surface area contributed by atoms with Crippen molar-refractivity contribution in [3.63, 3.8) is 0 Å². The first-order valence-electron chi connectivity index (χ1n) is 6.71. The molecule has 5 heteroatoms. The lowest BCUT2D eigenvalue weighted by Crippen LogP contribution is -2.13. The van der Waals surface area contributed by atoms with Gasteiger partial charge in [0.15, 0.2) is 0 Å². The summed E-state index contributed by atoms with van der Waals surface area (Å²) >= 11 is 6.01. The molecule has 0 amide bonds. The van der Waals surface area contributed by atoms with E-state index in [1.807, 2.05) is 0 Å². The molecule has 0 bridgehead atoms. The molecule has 1 saturated heterocycles. The van der Waals surface area contributed by atoms with Crippen molar-refractivity contribution in [1.29, 1.82) is 0 Å². The molecule has 1 aromatic heterocycles. The summed E-state index contributed by atoms with van der Waals surface area (Å²) in [7, 11) is 0. The SMILES string of the molecule is Clc1cc(NCCC2CCCO2)nc(C2CC2)n1. The maximum Gasteiger partial charge on any atom is 0.135 e. The van der Waals surface area contributed by atoms with Gasteiger partial charge in [0.25, 0.3) is 0 Å². The van der Waals surface area contributed by atoms with Gasteiger partial charge in [0.1, 0.15) is 16.8 Å². The highest BCUT2D eigenvalue weighted by atomic mass is 35.5. The van der Waals surface area contributed by atoms with Gasteiger partial charge in [-0.3, -0.25) is 0 Å². The minimum Gasteiger partial charge on any atom is -0.378 e. The van der Waals surface area contributed by atoms with Crippen molar-refractivity contribution in [3.05, 3.63) is 17.0 Å². The second kappa shape index (κ2) is 5.41. The number of rotatable bonds is 5. The molecule has 2 heterocycles. The lowest BCUT2D eigenvalue weighted by Gasteiger charge is -2.11. The molecule has 3 rings (SSSR count). The van der Waals surface area contributed by atoms with Crippen molar-refractivity contribution >= 4 is 17.4 Å². The van der Waals surface area contributed by atoms with E-state index in [4.69, 9.17) is 16.3 Å². The minimum atomic E-state index is 0.415. The van der Waals surface area contributed by atoms with Crippen molar-refractivity contribution in [2.24, 2.45) is 0 Å². The summed E-state index contributed by atoms with van der Waals surface area (Å²) in [4.78, 5) is 8.78. The van der Waals surface area contributed by atoms with Gasteiger partial charge in [0.05, 0.1) is 6.10 Å². The van der Waals surface area contributed by atoms with Crippen molar-refractivity contribution in [2.45, 2.75) is 44.1 Å². The number of anilines is 1. The fourth-order valence-electron chi connectivity index (χ4n) is 2.28. The Morgan fingerprint density at radius 3 is 2.94 bits per heavy atom. The molecule has 1 N–H and O–H groups in total. The molecule has 1 aliphatic heterocycles. The number of nitrogens with one attached hydrogen (secondary N) is 1. The molecule has 18 heavy (non-hydrogen) atoms. The Balaban J connectivity index is 1.54. The molecule has 0 radical (unpaired) electrons. The predicted octanol–water partition coefficient (Wildman–Crippen LogP) is 2.99. The predicted molar refractivity (Wildman–Crippen MR) is 71.1 cm³/mol. The molecule has 1 aliphatic carbocycles. The van der Waals surface area contributed by atoms with Crippen LogP contribution in [0, 0.1) is 0 Å². The largest absolute Gasteiger partial charge is 0.378 e. The third kappa shape index (κ3) is 3.12. The zero-order chi connectivity index (χ0) is 12.4. The average Bonchev–Trinajstić information content (AvgIpc) is 3.08. The molecular weight excluding hydrogens is 250 g/mol. The number of hydrogen-bond acceptors (Lipinski definition) is 4. The Hall–Kier alpha value is -0.870.